The van der Waals surface area contributed by atoms with Crippen LogP contribution in [0.25, 0.3) is 42.4 Å². The molecule has 0 N–H and O–H groups in total. The van der Waals surface area contributed by atoms with Gasteiger partial charge in [-0.3, -0.25) is 0 Å². The van der Waals surface area contributed by atoms with Crippen LogP contribution < -0.4 is 31.1 Å². The highest BCUT2D eigenvalue weighted by molar-refractivity contribution is 7.26. The van der Waals surface area contributed by atoms with Gasteiger partial charge < -0.3 is 14.7 Å². The van der Waals surface area contributed by atoms with E-state index in [0.29, 0.717) is 0 Å². The smallest absolute Gasteiger partial charge is 0.252 e. The van der Waals surface area contributed by atoms with Crippen LogP contribution in [0, 0.1) is 0 Å². The van der Waals surface area contributed by atoms with Crippen LogP contribution in [0.4, 0.5) is 45.5 Å². The summed E-state index contributed by atoms with van der Waals surface area (Å²) >= 11 is 1.96. The standard InChI is InChI=1S/C82H88BN3S/c1-76(2,3)53-30-35-58(36-31-53)84(59-37-32-54(33-38-59)77(4,5)6)60-49-67-72-68(50-60)86-74-64(81(16)42-24-25-43-82(81,86)17)46-57(80(13,14)15)47-66(74)83(72)65-40-41-69-71(61-39-34-55(78(7,8)9)48-70(61)87-69)75(65)85(67)73-62(51-26-20-18-21-27-51)44-56(79(10,11)12)45-63(73)52-28-22-19-23-29-52/h18-23,26-41,44-50H,24-25,42-43H2,1-17H3. The van der Waals surface area contributed by atoms with E-state index in [-0.39, 0.29) is 44.7 Å². The van der Waals surface area contributed by atoms with Gasteiger partial charge >= 0.3 is 0 Å². The largest absolute Gasteiger partial charge is 0.335 e. The quantitative estimate of drug-likeness (QED) is 0.154. The predicted octanol–water partition coefficient (Wildman–Crippen LogP) is 21.7. The molecule has 0 bridgehead atoms. The Hall–Kier alpha value is -7.34. The van der Waals surface area contributed by atoms with Crippen molar-refractivity contribution in [3.63, 3.8) is 0 Å². The van der Waals surface area contributed by atoms with Gasteiger partial charge in [-0.2, -0.15) is 0 Å². The predicted molar refractivity (Wildman–Crippen MR) is 381 cm³/mol. The molecule has 2 unspecified atom stereocenters. The molecule has 440 valence electrons. The number of fused-ring (bicyclic) bond motifs is 11. The zero-order valence-corrected chi connectivity index (χ0v) is 55.7. The van der Waals surface area contributed by atoms with E-state index >= 15 is 0 Å². The van der Waals surface area contributed by atoms with Crippen LogP contribution in [0.15, 0.2) is 176 Å². The van der Waals surface area contributed by atoms with E-state index < -0.39 is 0 Å². The summed E-state index contributed by atoms with van der Waals surface area (Å²) in [7, 11) is 0. The van der Waals surface area contributed by atoms with Crippen LogP contribution in [0.2, 0.25) is 0 Å². The summed E-state index contributed by atoms with van der Waals surface area (Å²) in [6.07, 6.45) is 4.69. The second-order valence-corrected chi connectivity index (χ2v) is 32.9. The van der Waals surface area contributed by atoms with Gasteiger partial charge in [0.2, 0.25) is 0 Å². The number of benzene rings is 9. The fraction of sp³-hybridized carbons (Fsp3) is 0.341. The lowest BCUT2D eigenvalue weighted by atomic mass is 9.33. The Bertz CT molecular complexity index is 4260. The maximum atomic E-state index is 2.94. The first-order valence-corrected chi connectivity index (χ1v) is 33.1. The van der Waals surface area contributed by atoms with Crippen molar-refractivity contribution >= 4 is 100 Å². The van der Waals surface area contributed by atoms with Crippen LogP contribution in [-0.4, -0.2) is 12.3 Å². The van der Waals surface area contributed by atoms with Crippen molar-refractivity contribution in [3.8, 4) is 22.3 Å². The molecule has 5 heteroatoms. The molecule has 10 aromatic rings. The van der Waals surface area contributed by atoms with Crippen molar-refractivity contribution in [1.29, 1.82) is 0 Å². The Morgan fingerprint density at radius 2 is 0.931 bits per heavy atom. The second-order valence-electron chi connectivity index (χ2n) is 31.8. The first kappa shape index (κ1) is 57.4. The van der Waals surface area contributed by atoms with Gasteiger partial charge in [0.1, 0.15) is 0 Å². The third kappa shape index (κ3) is 9.00. The Balaban J connectivity index is 1.21. The maximum absolute atomic E-state index is 2.94. The molecular weight excluding hydrogens is 1070 g/mol. The molecule has 87 heavy (non-hydrogen) atoms. The molecule has 4 aliphatic rings. The second kappa shape index (κ2) is 19.6. The summed E-state index contributed by atoms with van der Waals surface area (Å²) in [6, 6.07) is 69.9. The van der Waals surface area contributed by atoms with E-state index in [1.807, 2.05) is 11.3 Å². The minimum absolute atomic E-state index is 0.00553. The molecule has 0 radical (unpaired) electrons. The van der Waals surface area contributed by atoms with Gasteiger partial charge in [-0.25, -0.2) is 0 Å². The monoisotopic (exact) mass is 1160 g/mol. The molecule has 4 heterocycles. The Morgan fingerprint density at radius 1 is 0.425 bits per heavy atom. The van der Waals surface area contributed by atoms with Crippen molar-refractivity contribution in [1.82, 2.24) is 0 Å². The van der Waals surface area contributed by atoms with Crippen LogP contribution >= 0.6 is 11.3 Å². The summed E-state index contributed by atoms with van der Waals surface area (Å²) in [6.45, 7) is 40.7. The van der Waals surface area contributed by atoms with E-state index in [9.17, 15) is 0 Å². The number of hydrogen-bond donors (Lipinski definition) is 0. The van der Waals surface area contributed by atoms with Gasteiger partial charge in [-0.15, -0.1) is 11.3 Å². The summed E-state index contributed by atoms with van der Waals surface area (Å²) in [5.74, 6) is 0. The molecule has 3 nitrogen and oxygen atoms in total. The fourth-order valence-corrected chi connectivity index (χ4v) is 16.7. The minimum atomic E-state index is -0.202. The van der Waals surface area contributed by atoms with Gasteiger partial charge in [0.25, 0.3) is 6.71 Å². The summed E-state index contributed by atoms with van der Waals surface area (Å²) in [5, 5.41) is 2.64. The maximum Gasteiger partial charge on any atom is 0.252 e. The number of hydrogen-bond acceptors (Lipinski definition) is 4. The number of rotatable bonds is 6. The number of anilines is 8. The average Bonchev–Trinajstić information content (AvgIpc) is 1.58. The molecule has 1 fully saturated rings. The molecule has 14 rings (SSSR count). The van der Waals surface area contributed by atoms with Gasteiger partial charge in [-0.1, -0.05) is 239 Å². The fourth-order valence-electron chi connectivity index (χ4n) is 15.6. The third-order valence-corrected chi connectivity index (χ3v) is 22.1. The van der Waals surface area contributed by atoms with Crippen LogP contribution in [0.1, 0.15) is 177 Å². The molecule has 0 saturated heterocycles. The number of nitrogens with zero attached hydrogens (tertiary/aromatic N) is 3. The average molecular weight is 1160 g/mol. The molecule has 9 aromatic carbocycles. The lowest BCUT2D eigenvalue weighted by Crippen LogP contribution is -2.64. The lowest BCUT2D eigenvalue weighted by molar-refractivity contribution is 0.195. The SMILES string of the molecule is CC(C)(C)c1ccc(N(c2ccc(C(C)(C)C)cc2)c2cc3c4c(c2)N2c5c(cc(C(C)(C)C)cc5C5(C)CCCCC25C)B4c2ccc4sc5cc(C(C)(C)C)ccc5c4c2N3c2c(-c3ccccc3)cc(C(C)(C)C)cc2-c2ccccc2)cc1. The van der Waals surface area contributed by atoms with E-state index in [1.165, 1.54) is 133 Å². The van der Waals surface area contributed by atoms with Crippen LogP contribution in [-0.2, 0) is 32.5 Å². The van der Waals surface area contributed by atoms with Crippen LogP contribution in [0.3, 0.4) is 0 Å². The van der Waals surface area contributed by atoms with Crippen molar-refractivity contribution in [2.75, 3.05) is 14.7 Å². The Kier molecular flexibility index (Phi) is 12.9. The summed E-state index contributed by atoms with van der Waals surface area (Å²) in [4.78, 5) is 8.36. The van der Waals surface area contributed by atoms with Gasteiger partial charge in [-0.05, 0) is 168 Å². The van der Waals surface area contributed by atoms with E-state index in [1.54, 1.807) is 0 Å². The zero-order chi connectivity index (χ0) is 61.3. The van der Waals surface area contributed by atoms with E-state index in [4.69, 9.17) is 0 Å². The van der Waals surface area contributed by atoms with Crippen LogP contribution in [0.5, 0.6) is 0 Å². The van der Waals surface area contributed by atoms with Gasteiger partial charge in [0.15, 0.2) is 0 Å². The third-order valence-electron chi connectivity index (χ3n) is 21.0. The molecule has 1 aromatic heterocycles. The topological polar surface area (TPSA) is 9.72 Å². The highest BCUT2D eigenvalue weighted by Gasteiger charge is 2.62. The van der Waals surface area contributed by atoms with E-state index in [2.05, 4.69) is 308 Å². The molecule has 0 amide bonds. The van der Waals surface area contributed by atoms with Gasteiger partial charge in [0, 0.05) is 65.2 Å². The minimum Gasteiger partial charge on any atom is -0.335 e. The van der Waals surface area contributed by atoms with Gasteiger partial charge in [0.05, 0.1) is 22.6 Å². The first-order valence-electron chi connectivity index (χ1n) is 32.3. The Morgan fingerprint density at radius 3 is 1.47 bits per heavy atom. The Labute approximate surface area is 524 Å². The summed E-state index contributed by atoms with van der Waals surface area (Å²) < 4.78 is 2.64. The van der Waals surface area contributed by atoms with E-state index in [0.717, 1.165) is 29.9 Å². The normalized spacial score (nSPS) is 18.2. The molecule has 3 aliphatic heterocycles. The summed E-state index contributed by atoms with van der Waals surface area (Å²) in [5.41, 5.74) is 26.8. The van der Waals surface area contributed by atoms with Crippen molar-refractivity contribution in [2.45, 2.75) is 181 Å². The molecule has 0 spiro atoms. The van der Waals surface area contributed by atoms with Crippen molar-refractivity contribution in [3.05, 3.63) is 209 Å². The lowest BCUT2D eigenvalue weighted by Gasteiger charge is -2.53. The zero-order valence-electron chi connectivity index (χ0n) is 54.9. The molecule has 1 aliphatic carbocycles. The van der Waals surface area contributed by atoms with Crippen molar-refractivity contribution < 1.29 is 0 Å². The molecule has 1 saturated carbocycles. The highest BCUT2D eigenvalue weighted by Crippen LogP contribution is 2.64. The molecule has 2 atom stereocenters. The first-order chi connectivity index (χ1) is 41.0. The number of thiophene rings is 1. The molecular formula is C82H88BN3S. The van der Waals surface area contributed by atoms with Crippen molar-refractivity contribution in [2.24, 2.45) is 0 Å². The highest BCUT2D eigenvalue weighted by atomic mass is 32.1.